The lowest BCUT2D eigenvalue weighted by molar-refractivity contribution is -0.384. The Bertz CT molecular complexity index is 1230. The highest BCUT2D eigenvalue weighted by atomic mass is 16.6. The van der Waals surface area contributed by atoms with Gasteiger partial charge >= 0.3 is 11.6 Å². The molecule has 1 amide bonds. The van der Waals surface area contributed by atoms with Crippen molar-refractivity contribution in [2.24, 2.45) is 0 Å². The third-order valence-corrected chi connectivity index (χ3v) is 4.17. The van der Waals surface area contributed by atoms with Crippen molar-refractivity contribution in [2.45, 2.75) is 0 Å². The molecule has 2 aromatic carbocycles. The molecule has 0 fully saturated rings. The quantitative estimate of drug-likeness (QED) is 0.259. The normalized spacial score (nSPS) is 10.4. The van der Waals surface area contributed by atoms with E-state index < -0.39 is 40.3 Å². The van der Waals surface area contributed by atoms with Crippen LogP contribution in [-0.2, 0) is 9.53 Å². The average Bonchev–Trinajstić information content (AvgIpc) is 2.76. The summed E-state index contributed by atoms with van der Waals surface area (Å²) in [7, 11) is 2.75. The third-order valence-electron chi connectivity index (χ3n) is 4.17. The Hall–Kier alpha value is -4.41. The van der Waals surface area contributed by atoms with Crippen molar-refractivity contribution in [1.29, 1.82) is 0 Å². The van der Waals surface area contributed by atoms with Crippen LogP contribution in [0.5, 0.6) is 11.5 Å². The molecular formula is C20H16N2O9. The number of hydrogen-bond acceptors (Lipinski definition) is 9. The van der Waals surface area contributed by atoms with Crippen LogP contribution in [0.3, 0.4) is 0 Å². The van der Waals surface area contributed by atoms with Gasteiger partial charge in [0.25, 0.3) is 11.6 Å². The van der Waals surface area contributed by atoms with Crippen molar-refractivity contribution in [3.63, 3.8) is 0 Å². The van der Waals surface area contributed by atoms with Crippen LogP contribution >= 0.6 is 0 Å². The number of nitrogens with zero attached hydrogens (tertiary/aromatic N) is 1. The summed E-state index contributed by atoms with van der Waals surface area (Å²) >= 11 is 0. The van der Waals surface area contributed by atoms with E-state index in [0.29, 0.717) is 11.1 Å². The van der Waals surface area contributed by atoms with Crippen molar-refractivity contribution in [3.8, 4) is 11.5 Å². The molecule has 0 aliphatic heterocycles. The zero-order valence-electron chi connectivity index (χ0n) is 16.4. The molecule has 31 heavy (non-hydrogen) atoms. The fraction of sp³-hybridized carbons (Fsp3) is 0.150. The second-order valence-corrected chi connectivity index (χ2v) is 6.09. The van der Waals surface area contributed by atoms with Gasteiger partial charge in [-0.2, -0.15) is 0 Å². The summed E-state index contributed by atoms with van der Waals surface area (Å²) in [5.41, 5.74) is -1.72. The van der Waals surface area contributed by atoms with Crippen molar-refractivity contribution in [2.75, 3.05) is 26.1 Å². The molecule has 0 radical (unpaired) electrons. The Morgan fingerprint density at radius 3 is 2.58 bits per heavy atom. The van der Waals surface area contributed by atoms with Crippen LogP contribution in [0.25, 0.3) is 11.0 Å². The molecule has 3 aromatic rings. The first kappa shape index (κ1) is 21.3. The van der Waals surface area contributed by atoms with Gasteiger partial charge in [0.2, 0.25) is 0 Å². The minimum absolute atomic E-state index is 0.107. The van der Waals surface area contributed by atoms with Gasteiger partial charge in [0.05, 0.1) is 25.2 Å². The van der Waals surface area contributed by atoms with Gasteiger partial charge in [-0.05, 0) is 24.3 Å². The number of nitro benzene ring substituents is 1. The largest absolute Gasteiger partial charge is 0.496 e. The van der Waals surface area contributed by atoms with Crippen molar-refractivity contribution in [1.82, 2.24) is 0 Å². The molecule has 1 aromatic heterocycles. The van der Waals surface area contributed by atoms with Crippen molar-refractivity contribution >= 4 is 34.2 Å². The number of carbonyl (C=O) groups is 2. The number of esters is 1. The zero-order chi connectivity index (χ0) is 22.5. The Morgan fingerprint density at radius 1 is 1.13 bits per heavy atom. The fourth-order valence-corrected chi connectivity index (χ4v) is 2.71. The summed E-state index contributed by atoms with van der Waals surface area (Å²) < 4.78 is 20.0. The number of rotatable bonds is 7. The van der Waals surface area contributed by atoms with E-state index in [1.165, 1.54) is 32.4 Å². The zero-order valence-corrected chi connectivity index (χ0v) is 16.4. The van der Waals surface area contributed by atoms with E-state index in [4.69, 9.17) is 18.6 Å². The Morgan fingerprint density at radius 2 is 1.90 bits per heavy atom. The van der Waals surface area contributed by atoms with E-state index in [9.17, 15) is 24.5 Å². The molecule has 0 bridgehead atoms. The molecule has 0 saturated heterocycles. The van der Waals surface area contributed by atoms with Crippen LogP contribution in [0.4, 0.5) is 11.4 Å². The molecule has 0 unspecified atom stereocenters. The molecule has 1 heterocycles. The highest BCUT2D eigenvalue weighted by Gasteiger charge is 2.20. The smallest absolute Gasteiger partial charge is 0.351 e. The number of nitrogens with one attached hydrogen (secondary N) is 1. The minimum atomic E-state index is -1.09. The predicted octanol–water partition coefficient (Wildman–Crippen LogP) is 2.51. The number of amides is 1. The molecule has 160 valence electrons. The first-order valence-corrected chi connectivity index (χ1v) is 8.74. The van der Waals surface area contributed by atoms with Gasteiger partial charge in [0, 0.05) is 5.39 Å². The summed E-state index contributed by atoms with van der Waals surface area (Å²) in [6.07, 6.45) is 0. The molecule has 11 nitrogen and oxygen atoms in total. The van der Waals surface area contributed by atoms with E-state index >= 15 is 0 Å². The fourth-order valence-electron chi connectivity index (χ4n) is 2.71. The van der Waals surface area contributed by atoms with Gasteiger partial charge < -0.3 is 23.9 Å². The predicted molar refractivity (Wildman–Crippen MR) is 108 cm³/mol. The first-order valence-electron chi connectivity index (χ1n) is 8.74. The van der Waals surface area contributed by atoms with Crippen molar-refractivity contribution < 1.29 is 33.1 Å². The molecule has 11 heteroatoms. The molecular weight excluding hydrogens is 412 g/mol. The van der Waals surface area contributed by atoms with Crippen LogP contribution in [0.15, 0.2) is 51.7 Å². The highest BCUT2D eigenvalue weighted by Crippen LogP contribution is 2.29. The molecule has 1 N–H and O–H groups in total. The maximum absolute atomic E-state index is 12.3. The highest BCUT2D eigenvalue weighted by molar-refractivity contribution is 5.98. The van der Waals surface area contributed by atoms with E-state index in [1.807, 2.05) is 0 Å². The minimum Gasteiger partial charge on any atom is -0.496 e. The standard InChI is InChI=1S/C20H16N2O9/c1-28-12-6-7-14(15(9-12)22(26)27)21-17(23)10-30-19(24)13-8-11-4-3-5-16(29-2)18(11)31-20(13)25/h3-9H,10H2,1-2H3,(H,21,23). The van der Waals surface area contributed by atoms with Gasteiger partial charge in [-0.1, -0.05) is 12.1 Å². The van der Waals surface area contributed by atoms with Gasteiger partial charge in [-0.3, -0.25) is 14.9 Å². The number of ether oxygens (including phenoxy) is 3. The molecule has 0 spiro atoms. The number of fused-ring (bicyclic) bond motifs is 1. The third kappa shape index (κ3) is 4.61. The number of benzene rings is 2. The second kappa shape index (κ2) is 8.95. The maximum atomic E-state index is 12.3. The van der Waals surface area contributed by atoms with E-state index in [-0.39, 0.29) is 17.0 Å². The Kier molecular flexibility index (Phi) is 6.15. The summed E-state index contributed by atoms with van der Waals surface area (Å²) in [5.74, 6) is -1.38. The first-order chi connectivity index (χ1) is 14.8. The number of nitro groups is 1. The van der Waals surface area contributed by atoms with Crippen LogP contribution in [0.2, 0.25) is 0 Å². The number of methoxy groups -OCH3 is 2. The molecule has 0 saturated carbocycles. The topological polar surface area (TPSA) is 147 Å². The Labute approximate surface area is 174 Å². The van der Waals surface area contributed by atoms with Crippen molar-refractivity contribution in [3.05, 3.63) is 68.6 Å². The van der Waals surface area contributed by atoms with E-state index in [0.717, 1.165) is 6.07 Å². The van der Waals surface area contributed by atoms with Gasteiger partial charge in [0.1, 0.15) is 17.0 Å². The second-order valence-electron chi connectivity index (χ2n) is 6.09. The van der Waals surface area contributed by atoms with Gasteiger partial charge in [0.15, 0.2) is 17.9 Å². The summed E-state index contributed by atoms with van der Waals surface area (Å²) in [4.78, 5) is 47.0. The average molecular weight is 428 g/mol. The van der Waals surface area contributed by atoms with Gasteiger partial charge in [-0.15, -0.1) is 0 Å². The van der Waals surface area contributed by atoms with Crippen LogP contribution in [0.1, 0.15) is 10.4 Å². The maximum Gasteiger partial charge on any atom is 0.351 e. The molecule has 0 atom stereocenters. The summed E-state index contributed by atoms with van der Waals surface area (Å²) in [6.45, 7) is -0.780. The van der Waals surface area contributed by atoms with E-state index in [2.05, 4.69) is 5.32 Å². The lowest BCUT2D eigenvalue weighted by Crippen LogP contribution is -2.24. The lowest BCUT2D eigenvalue weighted by atomic mass is 10.2. The lowest BCUT2D eigenvalue weighted by Gasteiger charge is -2.08. The van der Waals surface area contributed by atoms with Crippen LogP contribution in [-0.4, -0.2) is 37.6 Å². The van der Waals surface area contributed by atoms with Gasteiger partial charge in [-0.25, -0.2) is 9.59 Å². The number of hydrogen-bond donors (Lipinski definition) is 1. The molecule has 0 aliphatic carbocycles. The van der Waals surface area contributed by atoms with Crippen LogP contribution < -0.4 is 20.4 Å². The molecule has 3 rings (SSSR count). The monoisotopic (exact) mass is 428 g/mol. The SMILES string of the molecule is COc1ccc(NC(=O)COC(=O)c2cc3cccc(OC)c3oc2=O)c([N+](=O)[O-])c1. The number of anilines is 1. The summed E-state index contributed by atoms with van der Waals surface area (Å²) in [6, 6.07) is 9.93. The number of carbonyl (C=O) groups excluding carboxylic acids is 2. The van der Waals surface area contributed by atoms with E-state index in [1.54, 1.807) is 18.2 Å². The summed E-state index contributed by atoms with van der Waals surface area (Å²) in [5, 5.41) is 13.9. The number of para-hydroxylation sites is 1. The molecule has 0 aliphatic rings. The Balaban J connectivity index is 1.73. The van der Waals surface area contributed by atoms with Crippen LogP contribution in [0, 0.1) is 10.1 Å².